The molecule has 0 aromatic carbocycles. The molecule has 5 nitrogen and oxygen atoms in total. The van der Waals surface area contributed by atoms with Gasteiger partial charge in [-0.05, 0) is 18.3 Å². The van der Waals surface area contributed by atoms with Crippen LogP contribution in [0.5, 0.6) is 0 Å². The van der Waals surface area contributed by atoms with Crippen LogP contribution in [0.1, 0.15) is 47.0 Å². The first-order chi connectivity index (χ1) is 7.57. The van der Waals surface area contributed by atoms with E-state index in [0.717, 1.165) is 0 Å². The molecule has 0 amide bonds. The highest BCUT2D eigenvalue weighted by Crippen LogP contribution is 2.19. The monoisotopic (exact) mass is 265 g/mol. The van der Waals surface area contributed by atoms with Gasteiger partial charge in [0.25, 0.3) is 0 Å². The van der Waals surface area contributed by atoms with Crippen LogP contribution in [0.25, 0.3) is 0 Å². The van der Waals surface area contributed by atoms with E-state index in [4.69, 9.17) is 5.11 Å². The predicted octanol–water partition coefficient (Wildman–Crippen LogP) is 1.60. The Bertz CT molecular complexity index is 343. The van der Waals surface area contributed by atoms with Crippen molar-refractivity contribution in [1.29, 1.82) is 0 Å². The predicted molar refractivity (Wildman–Crippen MR) is 67.3 cm³/mol. The Morgan fingerprint density at radius 1 is 1.35 bits per heavy atom. The minimum atomic E-state index is -3.51. The van der Waals surface area contributed by atoms with Crippen molar-refractivity contribution < 1.29 is 18.3 Å². The van der Waals surface area contributed by atoms with Crippen molar-refractivity contribution in [3.05, 3.63) is 0 Å². The summed E-state index contributed by atoms with van der Waals surface area (Å²) in [4.78, 5) is 10.8. The quantitative estimate of drug-likeness (QED) is 0.732. The standard InChI is InChI=1S/C11H23NO4S/c1-5-6-9(10(13)14)12-17(15,16)8-7-11(2,3)4/h9,12H,5-8H2,1-4H3,(H,13,14). The van der Waals surface area contributed by atoms with E-state index >= 15 is 0 Å². The fourth-order valence-corrected chi connectivity index (χ4v) is 2.89. The average molecular weight is 265 g/mol. The van der Waals surface area contributed by atoms with Gasteiger partial charge < -0.3 is 5.11 Å². The van der Waals surface area contributed by atoms with E-state index in [1.165, 1.54) is 0 Å². The van der Waals surface area contributed by atoms with Crippen LogP contribution in [0.15, 0.2) is 0 Å². The second-order valence-corrected chi connectivity index (χ2v) is 7.30. The summed E-state index contributed by atoms with van der Waals surface area (Å²) in [5.41, 5.74) is -0.0851. The van der Waals surface area contributed by atoms with E-state index in [-0.39, 0.29) is 11.2 Å². The van der Waals surface area contributed by atoms with E-state index in [9.17, 15) is 13.2 Å². The second-order valence-electron chi connectivity index (χ2n) is 5.43. The van der Waals surface area contributed by atoms with E-state index in [1.807, 2.05) is 27.7 Å². The van der Waals surface area contributed by atoms with Crippen molar-refractivity contribution >= 4 is 16.0 Å². The molecule has 0 fully saturated rings. The molecule has 1 unspecified atom stereocenters. The second kappa shape index (κ2) is 6.35. The zero-order valence-electron chi connectivity index (χ0n) is 11.0. The molecule has 0 heterocycles. The Hall–Kier alpha value is -0.620. The van der Waals surface area contributed by atoms with Crippen molar-refractivity contribution in [2.75, 3.05) is 5.75 Å². The maximum Gasteiger partial charge on any atom is 0.321 e. The third-order valence-corrected chi connectivity index (χ3v) is 3.70. The average Bonchev–Trinajstić information content (AvgIpc) is 2.13. The number of hydrogen-bond acceptors (Lipinski definition) is 3. The summed E-state index contributed by atoms with van der Waals surface area (Å²) < 4.78 is 25.6. The maximum absolute atomic E-state index is 11.7. The van der Waals surface area contributed by atoms with Gasteiger partial charge in [-0.1, -0.05) is 34.1 Å². The zero-order chi connectivity index (χ0) is 13.7. The maximum atomic E-state index is 11.7. The minimum absolute atomic E-state index is 0.0377. The largest absolute Gasteiger partial charge is 0.480 e. The third kappa shape index (κ3) is 8.15. The van der Waals surface area contributed by atoms with Gasteiger partial charge in [0.15, 0.2) is 0 Å². The Kier molecular flexibility index (Phi) is 6.12. The molecule has 6 heteroatoms. The Morgan fingerprint density at radius 2 is 1.88 bits per heavy atom. The normalized spacial score (nSPS) is 14.6. The third-order valence-electron chi connectivity index (χ3n) is 2.32. The smallest absolute Gasteiger partial charge is 0.321 e. The SMILES string of the molecule is CCCC(NS(=O)(=O)CCC(C)(C)C)C(=O)O. The summed E-state index contributed by atoms with van der Waals surface area (Å²) in [5, 5.41) is 8.87. The van der Waals surface area contributed by atoms with E-state index in [0.29, 0.717) is 19.3 Å². The molecule has 0 rings (SSSR count). The number of aliphatic carboxylic acids is 1. The first-order valence-corrected chi connectivity index (χ1v) is 7.45. The summed E-state index contributed by atoms with van der Waals surface area (Å²) >= 11 is 0. The van der Waals surface area contributed by atoms with Crippen molar-refractivity contribution in [3.8, 4) is 0 Å². The lowest BCUT2D eigenvalue weighted by Crippen LogP contribution is -2.42. The summed E-state index contributed by atoms with van der Waals surface area (Å²) in [5.74, 6) is -1.16. The number of nitrogens with one attached hydrogen (secondary N) is 1. The van der Waals surface area contributed by atoms with Crippen LogP contribution in [0.4, 0.5) is 0 Å². The lowest BCUT2D eigenvalue weighted by molar-refractivity contribution is -0.139. The summed E-state index contributed by atoms with van der Waals surface area (Å²) in [6, 6.07) is -1.01. The highest BCUT2D eigenvalue weighted by atomic mass is 32.2. The van der Waals surface area contributed by atoms with Crippen LogP contribution in [-0.2, 0) is 14.8 Å². The zero-order valence-corrected chi connectivity index (χ0v) is 11.8. The van der Waals surface area contributed by atoms with Gasteiger partial charge in [-0.25, -0.2) is 13.1 Å². The van der Waals surface area contributed by atoms with Gasteiger partial charge in [0.2, 0.25) is 10.0 Å². The van der Waals surface area contributed by atoms with Gasteiger partial charge in [-0.3, -0.25) is 4.79 Å². The molecule has 102 valence electrons. The Balaban J connectivity index is 4.46. The first kappa shape index (κ1) is 16.4. The Labute approximate surface area is 104 Å². The summed E-state index contributed by atoms with van der Waals surface area (Å²) in [7, 11) is -3.51. The van der Waals surface area contributed by atoms with Crippen LogP contribution < -0.4 is 4.72 Å². The van der Waals surface area contributed by atoms with Crippen molar-refractivity contribution in [3.63, 3.8) is 0 Å². The lowest BCUT2D eigenvalue weighted by atomic mass is 9.94. The van der Waals surface area contributed by atoms with Gasteiger partial charge in [-0.15, -0.1) is 0 Å². The molecule has 1 atom stereocenters. The molecule has 0 saturated carbocycles. The number of sulfonamides is 1. The molecular formula is C11H23NO4S. The number of carboxylic acid groups (broad SMARTS) is 1. The number of hydrogen-bond donors (Lipinski definition) is 2. The molecule has 17 heavy (non-hydrogen) atoms. The fourth-order valence-electron chi connectivity index (χ4n) is 1.24. The molecule has 0 aromatic rings. The lowest BCUT2D eigenvalue weighted by Gasteiger charge is -2.19. The molecule has 0 aliphatic heterocycles. The van der Waals surface area contributed by atoms with Gasteiger partial charge in [0.05, 0.1) is 5.75 Å². The molecule has 0 radical (unpaired) electrons. The summed E-state index contributed by atoms with van der Waals surface area (Å²) in [6.07, 6.45) is 1.43. The number of carboxylic acids is 1. The highest BCUT2D eigenvalue weighted by Gasteiger charge is 2.24. The van der Waals surface area contributed by atoms with Gasteiger partial charge in [0, 0.05) is 0 Å². The van der Waals surface area contributed by atoms with Crippen molar-refractivity contribution in [2.45, 2.75) is 53.0 Å². The molecule has 0 aromatic heterocycles. The Morgan fingerprint density at radius 3 is 2.24 bits per heavy atom. The molecule has 0 bridgehead atoms. The number of carbonyl (C=O) groups is 1. The highest BCUT2D eigenvalue weighted by molar-refractivity contribution is 7.89. The van der Waals surface area contributed by atoms with Crippen molar-refractivity contribution in [1.82, 2.24) is 4.72 Å². The molecule has 0 saturated heterocycles. The van der Waals surface area contributed by atoms with E-state index < -0.39 is 22.0 Å². The van der Waals surface area contributed by atoms with Crippen LogP contribution >= 0.6 is 0 Å². The van der Waals surface area contributed by atoms with E-state index in [1.54, 1.807) is 0 Å². The van der Waals surface area contributed by atoms with Crippen LogP contribution in [0, 0.1) is 5.41 Å². The molecule has 2 N–H and O–H groups in total. The minimum Gasteiger partial charge on any atom is -0.480 e. The van der Waals surface area contributed by atoms with Crippen LogP contribution in [-0.4, -0.2) is 31.3 Å². The topological polar surface area (TPSA) is 83.5 Å². The first-order valence-electron chi connectivity index (χ1n) is 5.80. The number of rotatable bonds is 7. The van der Waals surface area contributed by atoms with E-state index in [2.05, 4.69) is 4.72 Å². The van der Waals surface area contributed by atoms with Crippen molar-refractivity contribution in [2.24, 2.45) is 5.41 Å². The van der Waals surface area contributed by atoms with Crippen LogP contribution in [0.3, 0.4) is 0 Å². The summed E-state index contributed by atoms with van der Waals surface area (Å²) in [6.45, 7) is 7.66. The van der Waals surface area contributed by atoms with Gasteiger partial charge >= 0.3 is 5.97 Å². The molecule has 0 aliphatic carbocycles. The van der Waals surface area contributed by atoms with Gasteiger partial charge in [0.1, 0.15) is 6.04 Å². The molecular weight excluding hydrogens is 242 g/mol. The molecule has 0 spiro atoms. The fraction of sp³-hybridized carbons (Fsp3) is 0.909. The molecule has 0 aliphatic rings. The van der Waals surface area contributed by atoms with Crippen LogP contribution in [0.2, 0.25) is 0 Å². The van der Waals surface area contributed by atoms with Gasteiger partial charge in [-0.2, -0.15) is 0 Å².